The van der Waals surface area contributed by atoms with E-state index in [0.717, 1.165) is 21.6 Å². The van der Waals surface area contributed by atoms with Gasteiger partial charge in [0.2, 0.25) is 0 Å². The monoisotopic (exact) mass is 512 g/mol. The molecule has 0 aliphatic heterocycles. The normalized spacial score (nSPS) is 12.0. The molecule has 0 aliphatic carbocycles. The second kappa shape index (κ2) is 11.9. The van der Waals surface area contributed by atoms with Crippen LogP contribution in [0.4, 0.5) is 18.0 Å². The van der Waals surface area contributed by atoms with Crippen molar-refractivity contribution in [2.24, 2.45) is 4.99 Å². The van der Waals surface area contributed by atoms with Crippen LogP contribution in [0, 0.1) is 0 Å². The minimum absolute atomic E-state index is 0.231. The number of ether oxygens (including phenoxy) is 1. The first-order valence-corrected chi connectivity index (χ1v) is 11.8. The molecule has 0 bridgehead atoms. The fraction of sp³-hybridized carbons (Fsp3) is 0.304. The molecule has 0 fully saturated rings. The van der Waals surface area contributed by atoms with Crippen LogP contribution in [0.3, 0.4) is 0 Å². The van der Waals surface area contributed by atoms with Gasteiger partial charge in [0.1, 0.15) is 5.75 Å². The predicted molar refractivity (Wildman–Crippen MR) is 127 cm³/mol. The highest BCUT2D eigenvalue weighted by Gasteiger charge is 2.31. The molecule has 0 aliphatic rings. The van der Waals surface area contributed by atoms with E-state index in [1.54, 1.807) is 24.3 Å². The van der Waals surface area contributed by atoms with E-state index < -0.39 is 6.36 Å². The highest BCUT2D eigenvalue weighted by molar-refractivity contribution is 7.07. The van der Waals surface area contributed by atoms with E-state index in [0.29, 0.717) is 37.6 Å². The van der Waals surface area contributed by atoms with E-state index in [-0.39, 0.29) is 11.8 Å². The van der Waals surface area contributed by atoms with E-state index >= 15 is 0 Å². The average molecular weight is 513 g/mol. The van der Waals surface area contributed by atoms with E-state index in [4.69, 9.17) is 16.6 Å². The summed E-state index contributed by atoms with van der Waals surface area (Å²) < 4.78 is 43.4. The highest BCUT2D eigenvalue weighted by Crippen LogP contribution is 2.27. The fourth-order valence-corrected chi connectivity index (χ4v) is 4.20. The molecule has 2 amide bonds. The van der Waals surface area contributed by atoms with Crippen molar-refractivity contribution in [3.8, 4) is 17.0 Å². The van der Waals surface area contributed by atoms with Gasteiger partial charge < -0.3 is 19.9 Å². The van der Waals surface area contributed by atoms with Crippen molar-refractivity contribution in [3.63, 3.8) is 0 Å². The third-order valence-electron chi connectivity index (χ3n) is 4.67. The van der Waals surface area contributed by atoms with Crippen LogP contribution in [-0.2, 0) is 13.1 Å². The molecular formula is C23H24ClF3N4O2S. The van der Waals surface area contributed by atoms with Gasteiger partial charge in [-0.2, -0.15) is 0 Å². The Morgan fingerprint density at radius 1 is 1.12 bits per heavy atom. The summed E-state index contributed by atoms with van der Waals surface area (Å²) in [6.07, 6.45) is -4.10. The number of nitrogens with one attached hydrogen (secondary N) is 2. The van der Waals surface area contributed by atoms with Gasteiger partial charge in [-0.05, 0) is 60.9 Å². The van der Waals surface area contributed by atoms with Crippen LogP contribution in [0.5, 0.6) is 5.75 Å². The number of carbonyl (C=O) groups is 1. The van der Waals surface area contributed by atoms with Gasteiger partial charge >= 0.3 is 12.4 Å². The van der Waals surface area contributed by atoms with E-state index in [2.05, 4.69) is 15.4 Å². The number of urea groups is 1. The van der Waals surface area contributed by atoms with Crippen LogP contribution < -0.4 is 20.2 Å². The highest BCUT2D eigenvalue weighted by atomic mass is 35.5. The SMILES string of the molecule is CCNC(=O)NCCCn1c(-c2ccc(OC(F)(F)F)cc2)cs/c1=N\Cc1ccc(Cl)cc1. The Balaban J connectivity index is 1.82. The number of nitrogens with zero attached hydrogens (tertiary/aromatic N) is 2. The third-order valence-corrected chi connectivity index (χ3v) is 5.83. The molecule has 2 aromatic carbocycles. The molecule has 0 saturated heterocycles. The number of benzene rings is 2. The average Bonchev–Trinajstić information content (AvgIpc) is 3.18. The molecule has 0 unspecified atom stereocenters. The van der Waals surface area contributed by atoms with E-state index in [1.165, 1.54) is 23.5 Å². The zero-order valence-corrected chi connectivity index (χ0v) is 19.9. The first-order chi connectivity index (χ1) is 16.2. The number of aromatic nitrogens is 1. The molecule has 1 heterocycles. The van der Waals surface area contributed by atoms with E-state index in [9.17, 15) is 18.0 Å². The van der Waals surface area contributed by atoms with Gasteiger partial charge in [-0.15, -0.1) is 24.5 Å². The van der Waals surface area contributed by atoms with Gasteiger partial charge in [0, 0.05) is 30.0 Å². The van der Waals surface area contributed by atoms with Crippen molar-refractivity contribution in [1.82, 2.24) is 15.2 Å². The number of halogens is 4. The molecule has 2 N–H and O–H groups in total. The first-order valence-electron chi connectivity index (χ1n) is 10.6. The van der Waals surface area contributed by atoms with Crippen LogP contribution in [0.15, 0.2) is 58.9 Å². The zero-order valence-electron chi connectivity index (χ0n) is 18.4. The van der Waals surface area contributed by atoms with Crippen molar-refractivity contribution >= 4 is 29.0 Å². The van der Waals surface area contributed by atoms with Gasteiger partial charge in [-0.1, -0.05) is 23.7 Å². The Morgan fingerprint density at radius 3 is 2.47 bits per heavy atom. The summed E-state index contributed by atoms with van der Waals surface area (Å²) >= 11 is 7.39. The minimum Gasteiger partial charge on any atom is -0.406 e. The maximum absolute atomic E-state index is 12.5. The van der Waals surface area contributed by atoms with Crippen molar-refractivity contribution < 1.29 is 22.7 Å². The molecule has 3 rings (SSSR count). The summed E-state index contributed by atoms with van der Waals surface area (Å²) in [5.41, 5.74) is 2.55. The summed E-state index contributed by atoms with van der Waals surface area (Å²) in [6, 6.07) is 12.9. The lowest BCUT2D eigenvalue weighted by Gasteiger charge is -2.12. The molecule has 11 heteroatoms. The van der Waals surface area contributed by atoms with Crippen molar-refractivity contribution in [3.05, 3.63) is 69.3 Å². The Morgan fingerprint density at radius 2 is 1.82 bits per heavy atom. The molecule has 0 saturated carbocycles. The lowest BCUT2D eigenvalue weighted by Crippen LogP contribution is -2.36. The van der Waals surface area contributed by atoms with Gasteiger partial charge in [0.25, 0.3) is 0 Å². The summed E-state index contributed by atoms with van der Waals surface area (Å²) in [5, 5.41) is 8.03. The fourth-order valence-electron chi connectivity index (χ4n) is 3.14. The van der Waals surface area contributed by atoms with E-state index in [1.807, 2.05) is 29.0 Å². The number of amides is 2. The molecule has 0 atom stereocenters. The molecule has 6 nitrogen and oxygen atoms in total. The smallest absolute Gasteiger partial charge is 0.406 e. The largest absolute Gasteiger partial charge is 0.573 e. The molecule has 1 aromatic heterocycles. The first kappa shape index (κ1) is 25.6. The quantitative estimate of drug-likeness (QED) is 0.368. The van der Waals surface area contributed by atoms with Gasteiger partial charge in [-0.3, -0.25) is 4.99 Å². The molecule has 0 radical (unpaired) electrons. The second-order valence-corrected chi connectivity index (χ2v) is 8.48. The number of alkyl halides is 3. The number of hydrogen-bond donors (Lipinski definition) is 2. The van der Waals surface area contributed by atoms with Crippen LogP contribution >= 0.6 is 22.9 Å². The molecule has 3 aromatic rings. The Bertz CT molecular complexity index is 1140. The number of hydrogen-bond acceptors (Lipinski definition) is 4. The lowest BCUT2D eigenvalue weighted by atomic mass is 10.1. The second-order valence-electron chi connectivity index (χ2n) is 7.21. The van der Waals surface area contributed by atoms with Gasteiger partial charge in [0.05, 0.1) is 12.2 Å². The maximum atomic E-state index is 12.5. The van der Waals surface area contributed by atoms with Crippen molar-refractivity contribution in [2.45, 2.75) is 32.8 Å². The summed E-state index contributed by atoms with van der Waals surface area (Å²) in [7, 11) is 0. The molecule has 0 spiro atoms. The zero-order chi connectivity index (χ0) is 24.6. The number of carbonyl (C=O) groups excluding carboxylic acids is 1. The minimum atomic E-state index is -4.74. The van der Waals surface area contributed by atoms with Crippen LogP contribution in [0.2, 0.25) is 5.02 Å². The van der Waals surface area contributed by atoms with Crippen molar-refractivity contribution in [2.75, 3.05) is 13.1 Å². The van der Waals surface area contributed by atoms with Crippen LogP contribution in [-0.4, -0.2) is 30.1 Å². The molecular weight excluding hydrogens is 489 g/mol. The Hall–Kier alpha value is -2.98. The predicted octanol–water partition coefficient (Wildman–Crippen LogP) is 5.58. The summed E-state index contributed by atoms with van der Waals surface area (Å²) in [6.45, 7) is 3.85. The Kier molecular flexibility index (Phi) is 9.00. The number of thiazole rings is 1. The standard InChI is InChI=1S/C23H24ClF3N4O2S/c1-2-28-21(32)29-12-3-13-31-20(17-6-10-19(11-7-17)33-23(25,26)27)15-34-22(31)30-14-16-4-8-18(24)9-5-16/h4-11,15H,2-3,12-14H2,1H3,(H2,28,29,32)/b30-22-. The van der Waals surface area contributed by atoms with Crippen LogP contribution in [0.25, 0.3) is 11.3 Å². The molecule has 34 heavy (non-hydrogen) atoms. The lowest BCUT2D eigenvalue weighted by molar-refractivity contribution is -0.274. The Labute approximate surface area is 204 Å². The maximum Gasteiger partial charge on any atom is 0.573 e. The third kappa shape index (κ3) is 7.81. The van der Waals surface area contributed by atoms with Crippen LogP contribution in [0.1, 0.15) is 18.9 Å². The summed E-state index contributed by atoms with van der Waals surface area (Å²) in [4.78, 5) is 17.1. The summed E-state index contributed by atoms with van der Waals surface area (Å²) in [5.74, 6) is -0.281. The molecule has 182 valence electrons. The van der Waals surface area contributed by atoms with Gasteiger partial charge in [0.15, 0.2) is 4.80 Å². The number of rotatable bonds is 9. The van der Waals surface area contributed by atoms with Crippen molar-refractivity contribution in [1.29, 1.82) is 0 Å². The topological polar surface area (TPSA) is 67.7 Å². The van der Waals surface area contributed by atoms with Gasteiger partial charge in [-0.25, -0.2) is 4.79 Å².